The topological polar surface area (TPSA) is 49.5 Å². The molecule has 1 fully saturated rings. The van der Waals surface area contributed by atoms with Crippen LogP contribution in [0, 0.1) is 5.41 Å². The highest BCUT2D eigenvalue weighted by molar-refractivity contribution is 7.80. The van der Waals surface area contributed by atoms with E-state index in [1.54, 1.807) is 0 Å². The first-order chi connectivity index (χ1) is 7.73. The van der Waals surface area contributed by atoms with E-state index in [-0.39, 0.29) is 5.41 Å². The van der Waals surface area contributed by atoms with E-state index in [1.807, 2.05) is 6.92 Å². The van der Waals surface area contributed by atoms with Gasteiger partial charge in [0, 0.05) is 12.0 Å². The fraction of sp³-hybridized carbons (Fsp3) is 0.923. The number of likely N-dealkylation sites (tertiary alicyclic amines) is 1. The fourth-order valence-electron chi connectivity index (χ4n) is 2.38. The van der Waals surface area contributed by atoms with Gasteiger partial charge in [-0.3, -0.25) is 0 Å². The quantitative estimate of drug-likeness (QED) is 0.740. The summed E-state index contributed by atoms with van der Waals surface area (Å²) in [6, 6.07) is 0. The van der Waals surface area contributed by atoms with Crippen LogP contribution in [0.25, 0.3) is 0 Å². The van der Waals surface area contributed by atoms with Crippen LogP contribution in [0.3, 0.4) is 0 Å². The monoisotopic (exact) mass is 258 g/mol. The first-order valence-corrected chi connectivity index (χ1v) is 6.88. The maximum atomic E-state index is 10.0. The molecule has 0 spiro atoms. The molecule has 3 nitrogen and oxygen atoms in total. The molecule has 1 saturated heterocycles. The highest BCUT2D eigenvalue weighted by Gasteiger charge is 2.28. The van der Waals surface area contributed by atoms with Crippen molar-refractivity contribution in [3.05, 3.63) is 0 Å². The lowest BCUT2D eigenvalue weighted by Crippen LogP contribution is -2.46. The van der Waals surface area contributed by atoms with Crippen molar-refractivity contribution in [2.45, 2.75) is 52.1 Å². The number of nitrogens with zero attached hydrogens (tertiary/aromatic N) is 1. The summed E-state index contributed by atoms with van der Waals surface area (Å²) in [6.07, 6.45) is 4.11. The lowest BCUT2D eigenvalue weighted by atomic mass is 9.87. The molecule has 0 bridgehead atoms. The molecule has 0 amide bonds. The summed E-state index contributed by atoms with van der Waals surface area (Å²) in [5.41, 5.74) is 5.16. The third kappa shape index (κ3) is 4.90. The van der Waals surface area contributed by atoms with Gasteiger partial charge >= 0.3 is 0 Å². The Kier molecular flexibility index (Phi) is 4.93. The molecule has 0 aromatic carbocycles. The highest BCUT2D eigenvalue weighted by atomic mass is 32.1. The average Bonchev–Trinajstić information content (AvgIpc) is 2.15. The van der Waals surface area contributed by atoms with Crippen molar-refractivity contribution in [1.82, 2.24) is 4.90 Å². The van der Waals surface area contributed by atoms with Crippen LogP contribution in [-0.2, 0) is 0 Å². The molecule has 1 unspecified atom stereocenters. The first kappa shape index (κ1) is 14.9. The predicted octanol–water partition coefficient (Wildman–Crippen LogP) is 1.93. The van der Waals surface area contributed by atoms with E-state index in [0.29, 0.717) is 4.99 Å². The maximum Gasteiger partial charge on any atom is 0.0784 e. The smallest absolute Gasteiger partial charge is 0.0784 e. The van der Waals surface area contributed by atoms with E-state index in [0.717, 1.165) is 45.3 Å². The normalized spacial score (nSPS) is 27.1. The van der Waals surface area contributed by atoms with E-state index in [4.69, 9.17) is 18.0 Å². The fourth-order valence-corrected chi connectivity index (χ4v) is 2.48. The molecule has 1 aliphatic rings. The Hall–Kier alpha value is -0.190. The van der Waals surface area contributed by atoms with Crippen LogP contribution in [0.2, 0.25) is 0 Å². The van der Waals surface area contributed by atoms with Gasteiger partial charge in [0.2, 0.25) is 0 Å². The predicted molar refractivity (Wildman–Crippen MR) is 76.1 cm³/mol. The molecule has 1 heterocycles. The summed E-state index contributed by atoms with van der Waals surface area (Å²) in [5, 5.41) is 10.0. The van der Waals surface area contributed by atoms with Crippen molar-refractivity contribution in [3.63, 3.8) is 0 Å². The Morgan fingerprint density at radius 1 is 1.53 bits per heavy atom. The molecule has 4 heteroatoms. The summed E-state index contributed by atoms with van der Waals surface area (Å²) in [7, 11) is 0. The zero-order valence-corrected chi connectivity index (χ0v) is 12.1. The van der Waals surface area contributed by atoms with E-state index in [1.165, 1.54) is 0 Å². The van der Waals surface area contributed by atoms with Gasteiger partial charge in [-0.25, -0.2) is 0 Å². The number of nitrogens with two attached hydrogens (primary N) is 1. The maximum absolute atomic E-state index is 10.0. The molecule has 100 valence electrons. The zero-order valence-electron chi connectivity index (χ0n) is 11.3. The van der Waals surface area contributed by atoms with Gasteiger partial charge < -0.3 is 15.7 Å². The number of aliphatic hydroxyl groups is 1. The summed E-state index contributed by atoms with van der Waals surface area (Å²) in [4.78, 5) is 2.95. The van der Waals surface area contributed by atoms with E-state index >= 15 is 0 Å². The standard InChI is InChI=1S/C13H26N2OS/c1-12(2,11(14)17)6-4-8-15-9-5-7-13(3,16)10-15/h16H,4-10H2,1-3H3,(H2,14,17). The van der Waals surface area contributed by atoms with Crippen LogP contribution in [0.15, 0.2) is 0 Å². The van der Waals surface area contributed by atoms with E-state index in [2.05, 4.69) is 18.7 Å². The minimum atomic E-state index is -0.503. The van der Waals surface area contributed by atoms with Gasteiger partial charge in [0.1, 0.15) is 0 Å². The van der Waals surface area contributed by atoms with Crippen LogP contribution in [0.1, 0.15) is 46.5 Å². The second-order valence-corrected chi connectivity index (χ2v) is 6.67. The van der Waals surface area contributed by atoms with Crippen LogP contribution in [-0.4, -0.2) is 40.2 Å². The number of piperidine rings is 1. The highest BCUT2D eigenvalue weighted by Crippen LogP contribution is 2.24. The van der Waals surface area contributed by atoms with Crippen LogP contribution in [0.4, 0.5) is 0 Å². The molecular weight excluding hydrogens is 232 g/mol. The molecule has 0 aliphatic carbocycles. The molecule has 0 aromatic rings. The van der Waals surface area contributed by atoms with Gasteiger partial charge in [0.25, 0.3) is 0 Å². The lowest BCUT2D eigenvalue weighted by molar-refractivity contribution is -0.0161. The van der Waals surface area contributed by atoms with Crippen LogP contribution >= 0.6 is 12.2 Å². The van der Waals surface area contributed by atoms with Gasteiger partial charge in [-0.05, 0) is 45.7 Å². The first-order valence-electron chi connectivity index (χ1n) is 6.48. The Labute approximate surface area is 110 Å². The van der Waals surface area contributed by atoms with Crippen LogP contribution in [0.5, 0.6) is 0 Å². The van der Waals surface area contributed by atoms with Gasteiger partial charge in [-0.1, -0.05) is 26.1 Å². The number of thiocarbonyl (C=S) groups is 1. The lowest BCUT2D eigenvalue weighted by Gasteiger charge is -2.37. The second-order valence-electron chi connectivity index (χ2n) is 6.23. The SMILES string of the molecule is CC1(O)CCCN(CCCC(C)(C)C(N)=S)C1. The number of rotatable bonds is 5. The zero-order chi connectivity index (χ0) is 13.1. The van der Waals surface area contributed by atoms with E-state index < -0.39 is 5.60 Å². The molecule has 0 aromatic heterocycles. The molecule has 3 N–H and O–H groups in total. The second kappa shape index (κ2) is 5.63. The summed E-state index contributed by atoms with van der Waals surface area (Å²) >= 11 is 5.06. The molecule has 17 heavy (non-hydrogen) atoms. The third-order valence-electron chi connectivity index (χ3n) is 3.70. The van der Waals surface area contributed by atoms with Gasteiger partial charge in [-0.15, -0.1) is 0 Å². The third-order valence-corrected chi connectivity index (χ3v) is 4.25. The van der Waals surface area contributed by atoms with Gasteiger partial charge in [0.05, 0.1) is 10.6 Å². The molecule has 1 aliphatic heterocycles. The summed E-state index contributed by atoms with van der Waals surface area (Å²) in [6.45, 7) is 9.05. The molecular formula is C13H26N2OS. The number of hydrogen-bond donors (Lipinski definition) is 2. The van der Waals surface area contributed by atoms with Crippen molar-refractivity contribution in [1.29, 1.82) is 0 Å². The van der Waals surface area contributed by atoms with E-state index in [9.17, 15) is 5.11 Å². The van der Waals surface area contributed by atoms with Crippen molar-refractivity contribution in [2.75, 3.05) is 19.6 Å². The molecule has 1 rings (SSSR count). The van der Waals surface area contributed by atoms with Crippen molar-refractivity contribution in [2.24, 2.45) is 11.1 Å². The Morgan fingerprint density at radius 3 is 2.71 bits per heavy atom. The summed E-state index contributed by atoms with van der Waals surface area (Å²) in [5.74, 6) is 0. The largest absolute Gasteiger partial charge is 0.393 e. The minimum Gasteiger partial charge on any atom is -0.393 e. The van der Waals surface area contributed by atoms with Crippen molar-refractivity contribution in [3.8, 4) is 0 Å². The van der Waals surface area contributed by atoms with Gasteiger partial charge in [-0.2, -0.15) is 0 Å². The van der Waals surface area contributed by atoms with Crippen molar-refractivity contribution >= 4 is 17.2 Å². The van der Waals surface area contributed by atoms with Gasteiger partial charge in [0.15, 0.2) is 0 Å². The van der Waals surface area contributed by atoms with Crippen molar-refractivity contribution < 1.29 is 5.11 Å². The minimum absolute atomic E-state index is 0.0480. The Morgan fingerprint density at radius 2 is 2.18 bits per heavy atom. The molecule has 0 saturated carbocycles. The van der Waals surface area contributed by atoms with Crippen LogP contribution < -0.4 is 5.73 Å². The number of hydrogen-bond acceptors (Lipinski definition) is 3. The Bertz CT molecular complexity index is 277. The molecule has 1 atom stereocenters. The average molecular weight is 258 g/mol. The summed E-state index contributed by atoms with van der Waals surface area (Å²) < 4.78 is 0. The number of β-amino-alcohol motifs (C(OH)–C–C–N with tert-alkyl or cyclic N) is 1. The molecule has 0 radical (unpaired) electrons. The Balaban J connectivity index is 2.30.